The zero-order valence-electron chi connectivity index (χ0n) is 20.0. The minimum absolute atomic E-state index is 0.170. The Morgan fingerprint density at radius 2 is 1.65 bits per heavy atom. The average Bonchev–Trinajstić information content (AvgIpc) is 3.03. The number of likely N-dealkylation sites (N-methyl/N-ethyl adjacent to an activating group) is 1. The molecule has 0 bridgehead atoms. The van der Waals surface area contributed by atoms with E-state index in [-0.39, 0.29) is 22.0 Å². The number of hydrogen-bond donors (Lipinski definition) is 0. The molecule has 0 fully saturated rings. The second kappa shape index (κ2) is 7.94. The molecule has 34 heavy (non-hydrogen) atoms. The number of pyridine rings is 1. The van der Waals surface area contributed by atoms with E-state index in [2.05, 4.69) is 30.9 Å². The van der Waals surface area contributed by atoms with Gasteiger partial charge < -0.3 is 4.90 Å². The lowest BCUT2D eigenvalue weighted by Gasteiger charge is -2.23. The number of hydrogen-bond acceptors (Lipinski definition) is 4. The van der Waals surface area contributed by atoms with E-state index < -0.39 is 0 Å². The van der Waals surface area contributed by atoms with Crippen LogP contribution in [0.5, 0.6) is 0 Å². The van der Waals surface area contributed by atoms with E-state index in [1.807, 2.05) is 38.3 Å². The summed E-state index contributed by atoms with van der Waals surface area (Å²) < 4.78 is 1.32. The standard InChI is InChI=1S/C29H28N2O3/c1-5-6-16-31-27(33)20-11-9-10-19-25(20)21(28(31)34)17-18(26(19)32)14-15-24-29(2,3)22-12-7-8-13-23(22)30(24)4/h7-15,17H,5-6,16H2,1-4H3/b18-14-,24-15?. The molecule has 3 aliphatic rings. The Balaban J connectivity index is 1.77. The van der Waals surface area contributed by atoms with Gasteiger partial charge in [-0.15, -0.1) is 0 Å². The van der Waals surface area contributed by atoms with Crippen molar-refractivity contribution in [2.24, 2.45) is 0 Å². The maximum Gasteiger partial charge on any atom is 0.261 e. The summed E-state index contributed by atoms with van der Waals surface area (Å²) in [6.07, 6.45) is 5.42. The van der Waals surface area contributed by atoms with E-state index in [0.717, 1.165) is 24.2 Å². The molecule has 0 saturated carbocycles. The molecular formula is C29H28N2O3. The summed E-state index contributed by atoms with van der Waals surface area (Å²) >= 11 is 0. The third-order valence-electron chi connectivity index (χ3n) is 7.19. The zero-order chi connectivity index (χ0) is 24.2. The highest BCUT2D eigenvalue weighted by Crippen LogP contribution is 2.46. The highest BCUT2D eigenvalue weighted by atomic mass is 16.2. The molecule has 5 rings (SSSR count). The summed E-state index contributed by atoms with van der Waals surface area (Å²) in [7, 11) is 2.03. The molecule has 5 nitrogen and oxygen atoms in total. The van der Waals surface area contributed by atoms with Gasteiger partial charge in [-0.2, -0.15) is 0 Å². The Kier molecular flexibility index (Phi) is 5.16. The number of benzene rings is 3. The lowest BCUT2D eigenvalue weighted by atomic mass is 9.83. The van der Waals surface area contributed by atoms with Crippen LogP contribution in [0.2, 0.25) is 0 Å². The van der Waals surface area contributed by atoms with E-state index in [1.165, 1.54) is 10.1 Å². The predicted octanol–water partition coefficient (Wildman–Crippen LogP) is 3.88. The van der Waals surface area contributed by atoms with E-state index in [0.29, 0.717) is 33.7 Å². The molecular weight excluding hydrogens is 424 g/mol. The van der Waals surface area contributed by atoms with Gasteiger partial charge in [0.05, 0.1) is 0 Å². The van der Waals surface area contributed by atoms with Gasteiger partial charge in [0.1, 0.15) is 0 Å². The lowest BCUT2D eigenvalue weighted by Crippen LogP contribution is -2.37. The van der Waals surface area contributed by atoms with Crippen molar-refractivity contribution in [3.05, 3.63) is 102 Å². The fraction of sp³-hybridized carbons (Fsp3) is 0.276. The van der Waals surface area contributed by atoms with Crippen molar-refractivity contribution < 1.29 is 0 Å². The fourth-order valence-corrected chi connectivity index (χ4v) is 5.32. The second-order valence-corrected chi connectivity index (χ2v) is 9.61. The largest absolute Gasteiger partial charge is 0.347 e. The molecule has 0 aromatic heterocycles. The minimum Gasteiger partial charge on any atom is -0.347 e. The van der Waals surface area contributed by atoms with Crippen molar-refractivity contribution in [1.82, 2.24) is 4.57 Å². The summed E-state index contributed by atoms with van der Waals surface area (Å²) in [4.78, 5) is 41.9. The lowest BCUT2D eigenvalue weighted by molar-refractivity contribution is 0.601. The third kappa shape index (κ3) is 3.11. The van der Waals surface area contributed by atoms with Crippen molar-refractivity contribution >= 4 is 22.5 Å². The highest BCUT2D eigenvalue weighted by molar-refractivity contribution is 5.96. The molecule has 1 aliphatic carbocycles. The Labute approximate surface area is 197 Å². The molecule has 0 amide bonds. The topological polar surface area (TPSA) is 59.4 Å². The van der Waals surface area contributed by atoms with Crippen molar-refractivity contribution in [3.63, 3.8) is 0 Å². The Morgan fingerprint density at radius 3 is 2.38 bits per heavy atom. The van der Waals surface area contributed by atoms with Gasteiger partial charge in [-0.05, 0) is 42.3 Å². The molecule has 0 unspecified atom stereocenters. The first kappa shape index (κ1) is 22.1. The monoisotopic (exact) mass is 452 g/mol. The van der Waals surface area contributed by atoms with Crippen LogP contribution in [0.25, 0.3) is 28.0 Å². The zero-order valence-corrected chi connectivity index (χ0v) is 20.0. The molecule has 2 aromatic carbocycles. The number of anilines is 1. The molecule has 2 heterocycles. The summed E-state index contributed by atoms with van der Waals surface area (Å²) in [5, 5.41) is 1.29. The van der Waals surface area contributed by atoms with Gasteiger partial charge in [0.2, 0.25) is 0 Å². The molecule has 5 heteroatoms. The first-order valence-corrected chi connectivity index (χ1v) is 11.8. The highest BCUT2D eigenvalue weighted by Gasteiger charge is 2.37. The maximum absolute atomic E-state index is 13.4. The second-order valence-electron chi connectivity index (χ2n) is 9.61. The Hall–Kier alpha value is -3.73. The van der Waals surface area contributed by atoms with Gasteiger partial charge in [0, 0.05) is 57.5 Å². The van der Waals surface area contributed by atoms with Gasteiger partial charge in [0.15, 0.2) is 5.43 Å². The van der Waals surface area contributed by atoms with Crippen LogP contribution >= 0.6 is 0 Å². The van der Waals surface area contributed by atoms with Crippen LogP contribution in [0.3, 0.4) is 0 Å². The van der Waals surface area contributed by atoms with Crippen LogP contribution in [0.4, 0.5) is 5.69 Å². The fourth-order valence-electron chi connectivity index (χ4n) is 5.32. The summed E-state index contributed by atoms with van der Waals surface area (Å²) in [6, 6.07) is 15.1. The number of rotatable bonds is 4. The Bertz CT molecular complexity index is 1650. The average molecular weight is 453 g/mol. The van der Waals surface area contributed by atoms with Crippen LogP contribution in [0.1, 0.15) is 39.2 Å². The smallest absolute Gasteiger partial charge is 0.261 e. The number of aromatic nitrogens is 1. The molecule has 0 N–H and O–H groups in total. The SMILES string of the molecule is CCCCn1c(=O)c2c/c(=C/C=C3N(C)c4ccccc4C3(C)C)c(=O)c3cccc(c3-2)c1=O. The van der Waals surface area contributed by atoms with E-state index in [4.69, 9.17) is 0 Å². The minimum atomic E-state index is -0.324. The molecule has 0 saturated heterocycles. The Morgan fingerprint density at radius 1 is 0.912 bits per heavy atom. The van der Waals surface area contributed by atoms with Gasteiger partial charge in [-0.1, -0.05) is 57.5 Å². The molecule has 2 aromatic rings. The summed E-state index contributed by atoms with van der Waals surface area (Å²) in [6.45, 7) is 6.75. The quantitative estimate of drug-likeness (QED) is 0.472. The van der Waals surface area contributed by atoms with Crippen molar-refractivity contribution in [2.45, 2.75) is 45.6 Å². The van der Waals surface area contributed by atoms with Crippen LogP contribution in [-0.4, -0.2) is 11.6 Å². The predicted molar refractivity (Wildman–Crippen MR) is 139 cm³/mol. The van der Waals surface area contributed by atoms with Crippen LogP contribution in [-0.2, 0) is 12.0 Å². The molecule has 2 aliphatic heterocycles. The van der Waals surface area contributed by atoms with Crippen molar-refractivity contribution in [1.29, 1.82) is 0 Å². The van der Waals surface area contributed by atoms with Crippen LogP contribution in [0.15, 0.2) is 74.7 Å². The van der Waals surface area contributed by atoms with E-state index >= 15 is 0 Å². The van der Waals surface area contributed by atoms with Crippen LogP contribution < -0.4 is 26.7 Å². The van der Waals surface area contributed by atoms with E-state index in [9.17, 15) is 14.4 Å². The summed E-state index contributed by atoms with van der Waals surface area (Å²) in [5.74, 6) is 0. The number of para-hydroxylation sites is 1. The molecule has 0 spiro atoms. The number of nitrogens with zero attached hydrogens (tertiary/aromatic N) is 2. The first-order valence-electron chi connectivity index (χ1n) is 11.8. The number of fused-ring (bicyclic) bond motifs is 1. The molecule has 172 valence electrons. The van der Waals surface area contributed by atoms with Gasteiger partial charge in [-0.25, -0.2) is 0 Å². The van der Waals surface area contributed by atoms with E-state index in [1.54, 1.807) is 24.3 Å². The van der Waals surface area contributed by atoms with Crippen LogP contribution in [0, 0.1) is 0 Å². The van der Waals surface area contributed by atoms with Gasteiger partial charge >= 0.3 is 0 Å². The van der Waals surface area contributed by atoms with Gasteiger partial charge in [0.25, 0.3) is 11.1 Å². The summed E-state index contributed by atoms with van der Waals surface area (Å²) in [5.41, 5.74) is 3.32. The maximum atomic E-state index is 13.4. The number of allylic oxidation sites excluding steroid dienone is 2. The normalized spacial score (nSPS) is 16.8. The first-order chi connectivity index (χ1) is 16.3. The number of unbranched alkanes of at least 4 members (excludes halogenated alkanes) is 1. The molecule has 0 atom stereocenters. The molecule has 0 radical (unpaired) electrons. The third-order valence-corrected chi connectivity index (χ3v) is 7.19. The van der Waals surface area contributed by atoms with Crippen molar-refractivity contribution in [3.8, 4) is 11.1 Å². The van der Waals surface area contributed by atoms with Crippen molar-refractivity contribution in [2.75, 3.05) is 11.9 Å². The van der Waals surface area contributed by atoms with Gasteiger partial charge in [-0.3, -0.25) is 19.0 Å².